The van der Waals surface area contributed by atoms with Gasteiger partial charge in [-0.15, -0.1) is 0 Å². The summed E-state index contributed by atoms with van der Waals surface area (Å²) in [6, 6.07) is 13.6. The van der Waals surface area contributed by atoms with Crippen LogP contribution in [-0.2, 0) is 9.53 Å². The molecule has 0 aliphatic carbocycles. The highest BCUT2D eigenvalue weighted by atomic mass is 35.5. The van der Waals surface area contributed by atoms with Crippen LogP contribution < -0.4 is 15.5 Å². The lowest BCUT2D eigenvalue weighted by Crippen LogP contribution is -2.41. The van der Waals surface area contributed by atoms with Gasteiger partial charge in [0.1, 0.15) is 6.61 Å². The van der Waals surface area contributed by atoms with Gasteiger partial charge in [-0.2, -0.15) is 0 Å². The van der Waals surface area contributed by atoms with Crippen LogP contribution in [0.3, 0.4) is 0 Å². The second-order valence-corrected chi connectivity index (χ2v) is 5.67. The molecule has 0 saturated carbocycles. The molecular weight excluding hydrogens is 330 g/mol. The van der Waals surface area contributed by atoms with Crippen molar-refractivity contribution < 1.29 is 14.3 Å². The van der Waals surface area contributed by atoms with Gasteiger partial charge < -0.3 is 20.3 Å². The minimum Gasteiger partial charge on any atom is -0.370 e. The summed E-state index contributed by atoms with van der Waals surface area (Å²) in [5, 5.41) is 6.05. The van der Waals surface area contributed by atoms with Gasteiger partial charge in [0.2, 0.25) is 0 Å². The summed E-state index contributed by atoms with van der Waals surface area (Å²) in [7, 11) is 0. The summed E-state index contributed by atoms with van der Waals surface area (Å²) in [4.78, 5) is 25.4. The SMILES string of the molecule is O=C(Nc1ccc(Cl)cc1)Nc1ccc(N2CCOCC2=O)cc1. The molecule has 7 heteroatoms. The number of rotatable bonds is 3. The zero-order chi connectivity index (χ0) is 16.9. The highest BCUT2D eigenvalue weighted by molar-refractivity contribution is 6.30. The Labute approximate surface area is 144 Å². The first-order valence-electron chi connectivity index (χ1n) is 7.43. The summed E-state index contributed by atoms with van der Waals surface area (Å²) in [6.45, 7) is 1.15. The Morgan fingerprint density at radius 1 is 1.00 bits per heavy atom. The molecule has 6 nitrogen and oxygen atoms in total. The second kappa shape index (κ2) is 7.33. The zero-order valence-corrected chi connectivity index (χ0v) is 13.5. The number of nitrogens with one attached hydrogen (secondary N) is 2. The average molecular weight is 346 g/mol. The lowest BCUT2D eigenvalue weighted by molar-refractivity contribution is -0.125. The zero-order valence-electron chi connectivity index (χ0n) is 12.8. The molecule has 0 atom stereocenters. The Kier molecular flexibility index (Phi) is 4.98. The second-order valence-electron chi connectivity index (χ2n) is 5.23. The van der Waals surface area contributed by atoms with Crippen LogP contribution in [0, 0.1) is 0 Å². The van der Waals surface area contributed by atoms with Gasteiger partial charge in [0.05, 0.1) is 6.61 Å². The monoisotopic (exact) mass is 345 g/mol. The van der Waals surface area contributed by atoms with Gasteiger partial charge >= 0.3 is 6.03 Å². The van der Waals surface area contributed by atoms with Crippen molar-refractivity contribution in [2.45, 2.75) is 0 Å². The van der Waals surface area contributed by atoms with Crippen molar-refractivity contribution in [1.29, 1.82) is 0 Å². The maximum Gasteiger partial charge on any atom is 0.323 e. The quantitative estimate of drug-likeness (QED) is 0.896. The van der Waals surface area contributed by atoms with E-state index in [-0.39, 0.29) is 18.5 Å². The molecule has 3 amide bonds. The molecule has 1 fully saturated rings. The fourth-order valence-corrected chi connectivity index (χ4v) is 2.47. The van der Waals surface area contributed by atoms with Crippen molar-refractivity contribution in [1.82, 2.24) is 0 Å². The fraction of sp³-hybridized carbons (Fsp3) is 0.176. The number of anilines is 3. The van der Waals surface area contributed by atoms with Gasteiger partial charge in [-0.25, -0.2) is 4.79 Å². The smallest absolute Gasteiger partial charge is 0.323 e. The molecule has 124 valence electrons. The van der Waals surface area contributed by atoms with Crippen molar-refractivity contribution >= 4 is 40.6 Å². The number of benzene rings is 2. The van der Waals surface area contributed by atoms with E-state index in [4.69, 9.17) is 16.3 Å². The molecule has 2 N–H and O–H groups in total. The van der Waals surface area contributed by atoms with Crippen molar-refractivity contribution in [3.63, 3.8) is 0 Å². The lowest BCUT2D eigenvalue weighted by Gasteiger charge is -2.26. The lowest BCUT2D eigenvalue weighted by atomic mass is 10.2. The third-order valence-electron chi connectivity index (χ3n) is 3.52. The molecule has 0 radical (unpaired) electrons. The molecule has 1 saturated heterocycles. The summed E-state index contributed by atoms with van der Waals surface area (Å²) in [5.41, 5.74) is 2.06. The highest BCUT2D eigenvalue weighted by Crippen LogP contribution is 2.20. The van der Waals surface area contributed by atoms with Crippen molar-refractivity contribution in [2.75, 3.05) is 35.3 Å². The Morgan fingerprint density at radius 2 is 1.58 bits per heavy atom. The van der Waals surface area contributed by atoms with Gasteiger partial charge in [-0.1, -0.05) is 11.6 Å². The van der Waals surface area contributed by atoms with E-state index in [2.05, 4.69) is 10.6 Å². The number of nitrogens with zero attached hydrogens (tertiary/aromatic N) is 1. The molecule has 2 aromatic rings. The minimum absolute atomic E-state index is 0.0672. The van der Waals surface area contributed by atoms with Crippen LogP contribution in [0.1, 0.15) is 0 Å². The first kappa shape index (κ1) is 16.3. The predicted molar refractivity (Wildman–Crippen MR) is 93.7 cm³/mol. The average Bonchev–Trinajstić information content (AvgIpc) is 2.58. The largest absolute Gasteiger partial charge is 0.370 e. The molecule has 0 unspecified atom stereocenters. The van der Waals surface area contributed by atoms with E-state index in [1.165, 1.54) is 0 Å². The molecule has 1 aliphatic rings. The van der Waals surface area contributed by atoms with E-state index in [0.29, 0.717) is 29.5 Å². The Balaban J connectivity index is 1.60. The number of ether oxygens (including phenoxy) is 1. The molecule has 0 aromatic heterocycles. The number of carbonyl (C=O) groups is 2. The molecule has 0 spiro atoms. The molecule has 2 aromatic carbocycles. The maximum absolute atomic E-state index is 12.0. The van der Waals surface area contributed by atoms with Crippen LogP contribution in [0.4, 0.5) is 21.9 Å². The summed E-state index contributed by atoms with van der Waals surface area (Å²) in [5.74, 6) is -0.0672. The third-order valence-corrected chi connectivity index (χ3v) is 3.78. The molecule has 1 heterocycles. The van der Waals surface area contributed by atoms with Crippen molar-refractivity contribution in [3.05, 3.63) is 53.6 Å². The number of halogens is 1. The minimum atomic E-state index is -0.354. The Hall–Kier alpha value is -2.57. The number of morpholine rings is 1. The van der Waals surface area contributed by atoms with E-state index < -0.39 is 0 Å². The molecular formula is C17H16ClN3O3. The summed E-state index contributed by atoms with van der Waals surface area (Å²) < 4.78 is 5.11. The van der Waals surface area contributed by atoms with E-state index in [1.54, 1.807) is 53.4 Å². The normalized spacial score (nSPS) is 14.4. The van der Waals surface area contributed by atoms with E-state index in [1.807, 2.05) is 0 Å². The summed E-state index contributed by atoms with van der Waals surface area (Å²) >= 11 is 5.80. The standard InChI is InChI=1S/C17H16ClN3O3/c18-12-1-3-13(4-2-12)19-17(23)20-14-5-7-15(8-6-14)21-9-10-24-11-16(21)22/h1-8H,9-11H2,(H2,19,20,23). The molecule has 24 heavy (non-hydrogen) atoms. The number of carbonyl (C=O) groups excluding carboxylic acids is 2. The van der Waals surface area contributed by atoms with Crippen molar-refractivity contribution in [3.8, 4) is 0 Å². The van der Waals surface area contributed by atoms with Crippen LogP contribution >= 0.6 is 11.6 Å². The maximum atomic E-state index is 12.0. The molecule has 3 rings (SSSR count). The van der Waals surface area contributed by atoms with Crippen LogP contribution in [0.2, 0.25) is 5.02 Å². The van der Waals surface area contributed by atoms with Gasteiger partial charge in [-0.3, -0.25) is 4.79 Å². The van der Waals surface area contributed by atoms with Crippen LogP contribution in [0.5, 0.6) is 0 Å². The van der Waals surface area contributed by atoms with E-state index in [9.17, 15) is 9.59 Å². The fourth-order valence-electron chi connectivity index (χ4n) is 2.34. The van der Waals surface area contributed by atoms with Crippen LogP contribution in [-0.4, -0.2) is 31.7 Å². The van der Waals surface area contributed by atoms with Crippen LogP contribution in [0.25, 0.3) is 0 Å². The van der Waals surface area contributed by atoms with Gasteiger partial charge in [0, 0.05) is 28.6 Å². The molecule has 0 bridgehead atoms. The summed E-state index contributed by atoms with van der Waals surface area (Å²) in [6.07, 6.45) is 0. The predicted octanol–water partition coefficient (Wildman–Crippen LogP) is 3.35. The first-order chi connectivity index (χ1) is 11.6. The third kappa shape index (κ3) is 4.04. The number of urea groups is 1. The highest BCUT2D eigenvalue weighted by Gasteiger charge is 2.19. The van der Waals surface area contributed by atoms with Gasteiger partial charge in [0.15, 0.2) is 0 Å². The number of hydrogen-bond donors (Lipinski definition) is 2. The number of amides is 3. The first-order valence-corrected chi connectivity index (χ1v) is 7.81. The van der Waals surface area contributed by atoms with Gasteiger partial charge in [-0.05, 0) is 48.5 Å². The van der Waals surface area contributed by atoms with Crippen LogP contribution in [0.15, 0.2) is 48.5 Å². The van der Waals surface area contributed by atoms with Gasteiger partial charge in [0.25, 0.3) is 5.91 Å². The Bertz CT molecular complexity index is 732. The van der Waals surface area contributed by atoms with E-state index >= 15 is 0 Å². The number of hydrogen-bond acceptors (Lipinski definition) is 3. The topological polar surface area (TPSA) is 70.7 Å². The van der Waals surface area contributed by atoms with Crippen molar-refractivity contribution in [2.24, 2.45) is 0 Å². The Morgan fingerprint density at radius 3 is 2.17 bits per heavy atom. The van der Waals surface area contributed by atoms with E-state index in [0.717, 1.165) is 5.69 Å². The molecule has 1 aliphatic heterocycles.